The Hall–Kier alpha value is -0.860. The fourth-order valence-corrected chi connectivity index (χ4v) is 2.37. The summed E-state index contributed by atoms with van der Waals surface area (Å²) in [6.45, 7) is 2.10. The quantitative estimate of drug-likeness (QED) is 0.785. The maximum Gasteiger partial charge on any atom is 0.226 e. The number of morpholine rings is 1. The van der Waals surface area contributed by atoms with Crippen molar-refractivity contribution < 1.29 is 14.3 Å². The highest BCUT2D eigenvalue weighted by molar-refractivity contribution is 14.1. The molecule has 1 unspecified atom stereocenters. The molecular formula is C13H17IN2O3. The first-order valence-corrected chi connectivity index (χ1v) is 7.21. The summed E-state index contributed by atoms with van der Waals surface area (Å²) >= 11 is 2.19. The number of ether oxygens (including phenoxy) is 2. The average molecular weight is 376 g/mol. The lowest BCUT2D eigenvalue weighted by atomic mass is 10.2. The van der Waals surface area contributed by atoms with E-state index < -0.39 is 0 Å². The Kier molecular flexibility index (Phi) is 5.41. The number of rotatable bonds is 4. The Morgan fingerprint density at radius 1 is 1.63 bits per heavy atom. The smallest absolute Gasteiger partial charge is 0.226 e. The number of amides is 1. The molecule has 2 rings (SSSR count). The van der Waals surface area contributed by atoms with E-state index in [4.69, 9.17) is 9.47 Å². The number of carbonyl (C=O) groups is 1. The molecule has 1 amide bonds. The topological polar surface area (TPSA) is 59.6 Å². The summed E-state index contributed by atoms with van der Waals surface area (Å²) in [4.78, 5) is 12.0. The van der Waals surface area contributed by atoms with E-state index in [0.717, 1.165) is 21.6 Å². The van der Waals surface area contributed by atoms with Crippen LogP contribution in [-0.2, 0) is 9.53 Å². The maximum absolute atomic E-state index is 12.0. The molecule has 0 aliphatic carbocycles. The van der Waals surface area contributed by atoms with Gasteiger partial charge in [-0.3, -0.25) is 4.79 Å². The minimum absolute atomic E-state index is 0.0193. The number of carbonyl (C=O) groups excluding carboxylic acids is 1. The third-order valence-corrected chi connectivity index (χ3v) is 3.82. The molecule has 0 aromatic heterocycles. The highest BCUT2D eigenvalue weighted by Crippen LogP contribution is 2.24. The standard InChI is InChI=1S/C13H17IN2O3/c1-18-10-2-3-11(14)12(7-10)16-13(17)6-9-8-19-5-4-15-9/h2-3,7,9,15H,4-6,8H2,1H3,(H,16,17). The van der Waals surface area contributed by atoms with Crippen LogP contribution in [-0.4, -0.2) is 38.8 Å². The van der Waals surface area contributed by atoms with E-state index >= 15 is 0 Å². The second kappa shape index (κ2) is 7.06. The highest BCUT2D eigenvalue weighted by atomic mass is 127. The lowest BCUT2D eigenvalue weighted by Gasteiger charge is -2.23. The van der Waals surface area contributed by atoms with Crippen LogP contribution in [0.4, 0.5) is 5.69 Å². The summed E-state index contributed by atoms with van der Waals surface area (Å²) in [5.74, 6) is 0.712. The van der Waals surface area contributed by atoms with Gasteiger partial charge in [0.1, 0.15) is 5.75 Å². The van der Waals surface area contributed by atoms with E-state index in [1.54, 1.807) is 7.11 Å². The number of hydrogen-bond acceptors (Lipinski definition) is 4. The van der Waals surface area contributed by atoms with Crippen molar-refractivity contribution in [3.8, 4) is 5.75 Å². The Balaban J connectivity index is 1.94. The molecule has 0 saturated carbocycles. The van der Waals surface area contributed by atoms with Crippen molar-refractivity contribution in [2.45, 2.75) is 12.5 Å². The molecule has 1 aliphatic rings. The first-order chi connectivity index (χ1) is 9.19. The zero-order chi connectivity index (χ0) is 13.7. The number of hydrogen-bond donors (Lipinski definition) is 2. The molecule has 1 aromatic carbocycles. The van der Waals surface area contributed by atoms with Gasteiger partial charge in [0.25, 0.3) is 0 Å². The normalized spacial score (nSPS) is 18.9. The van der Waals surface area contributed by atoms with Gasteiger partial charge in [-0.15, -0.1) is 0 Å². The molecule has 0 radical (unpaired) electrons. The lowest BCUT2D eigenvalue weighted by molar-refractivity contribution is -0.117. The number of benzene rings is 1. The minimum atomic E-state index is -0.0193. The number of anilines is 1. The molecule has 1 aromatic rings. The fraction of sp³-hybridized carbons (Fsp3) is 0.462. The van der Waals surface area contributed by atoms with Crippen LogP contribution in [0.5, 0.6) is 5.75 Å². The van der Waals surface area contributed by atoms with Crippen LogP contribution in [0.3, 0.4) is 0 Å². The van der Waals surface area contributed by atoms with Crippen molar-refractivity contribution in [1.29, 1.82) is 0 Å². The van der Waals surface area contributed by atoms with E-state index in [1.807, 2.05) is 18.2 Å². The fourth-order valence-electron chi connectivity index (χ4n) is 1.90. The van der Waals surface area contributed by atoms with Crippen molar-refractivity contribution in [3.05, 3.63) is 21.8 Å². The van der Waals surface area contributed by atoms with Crippen molar-refractivity contribution >= 4 is 34.2 Å². The Morgan fingerprint density at radius 2 is 2.47 bits per heavy atom. The largest absolute Gasteiger partial charge is 0.497 e. The van der Waals surface area contributed by atoms with E-state index in [1.165, 1.54) is 0 Å². The third kappa shape index (κ3) is 4.32. The van der Waals surface area contributed by atoms with Gasteiger partial charge in [-0.1, -0.05) is 0 Å². The Morgan fingerprint density at radius 3 is 3.16 bits per heavy atom. The van der Waals surface area contributed by atoms with Gasteiger partial charge < -0.3 is 20.1 Å². The molecule has 1 aliphatic heterocycles. The second-order valence-electron chi connectivity index (χ2n) is 4.32. The first kappa shape index (κ1) is 14.5. The third-order valence-electron chi connectivity index (χ3n) is 2.88. The van der Waals surface area contributed by atoms with Gasteiger partial charge in [0, 0.05) is 28.6 Å². The second-order valence-corrected chi connectivity index (χ2v) is 5.49. The van der Waals surface area contributed by atoms with E-state index in [2.05, 4.69) is 33.2 Å². The molecule has 1 heterocycles. The maximum atomic E-state index is 12.0. The van der Waals surface area contributed by atoms with Crippen LogP contribution in [0.15, 0.2) is 18.2 Å². The lowest BCUT2D eigenvalue weighted by Crippen LogP contribution is -2.43. The van der Waals surface area contributed by atoms with Crippen LogP contribution in [0.25, 0.3) is 0 Å². The number of halogens is 1. The zero-order valence-electron chi connectivity index (χ0n) is 10.7. The molecule has 19 heavy (non-hydrogen) atoms. The van der Waals surface area contributed by atoms with Crippen LogP contribution >= 0.6 is 22.6 Å². The van der Waals surface area contributed by atoms with Crippen molar-refractivity contribution in [2.75, 3.05) is 32.2 Å². The molecule has 5 nitrogen and oxygen atoms in total. The Labute approximate surface area is 126 Å². The van der Waals surface area contributed by atoms with Crippen LogP contribution < -0.4 is 15.4 Å². The molecule has 1 saturated heterocycles. The van der Waals surface area contributed by atoms with Crippen LogP contribution in [0.2, 0.25) is 0 Å². The molecule has 1 atom stereocenters. The highest BCUT2D eigenvalue weighted by Gasteiger charge is 2.17. The van der Waals surface area contributed by atoms with Gasteiger partial charge in [0.15, 0.2) is 0 Å². The van der Waals surface area contributed by atoms with Crippen molar-refractivity contribution in [3.63, 3.8) is 0 Å². The van der Waals surface area contributed by atoms with Crippen molar-refractivity contribution in [2.24, 2.45) is 0 Å². The van der Waals surface area contributed by atoms with E-state index in [-0.39, 0.29) is 11.9 Å². The van der Waals surface area contributed by atoms with Gasteiger partial charge in [0.2, 0.25) is 5.91 Å². The predicted molar refractivity (Wildman–Crippen MR) is 81.6 cm³/mol. The van der Waals surface area contributed by atoms with Gasteiger partial charge in [-0.2, -0.15) is 0 Å². The molecular weight excluding hydrogens is 359 g/mol. The zero-order valence-corrected chi connectivity index (χ0v) is 12.9. The summed E-state index contributed by atoms with van der Waals surface area (Å²) in [5, 5.41) is 6.17. The van der Waals surface area contributed by atoms with Gasteiger partial charge in [-0.05, 0) is 34.7 Å². The predicted octanol–water partition coefficient (Wildman–Crippen LogP) is 1.62. The first-order valence-electron chi connectivity index (χ1n) is 6.13. The minimum Gasteiger partial charge on any atom is -0.497 e. The summed E-state index contributed by atoms with van der Waals surface area (Å²) in [6, 6.07) is 5.70. The molecule has 6 heteroatoms. The van der Waals surface area contributed by atoms with Crippen LogP contribution in [0.1, 0.15) is 6.42 Å². The average Bonchev–Trinajstić information content (AvgIpc) is 2.42. The molecule has 0 bridgehead atoms. The summed E-state index contributed by atoms with van der Waals surface area (Å²) < 4.78 is 11.5. The molecule has 1 fully saturated rings. The van der Waals surface area contributed by atoms with Gasteiger partial charge in [0.05, 0.1) is 26.0 Å². The van der Waals surface area contributed by atoms with E-state index in [9.17, 15) is 4.79 Å². The SMILES string of the molecule is COc1ccc(I)c(NC(=O)CC2COCCN2)c1. The summed E-state index contributed by atoms with van der Waals surface area (Å²) in [6.07, 6.45) is 0.410. The number of nitrogens with one attached hydrogen (secondary N) is 2. The van der Waals surface area contributed by atoms with Gasteiger partial charge in [-0.25, -0.2) is 0 Å². The molecule has 104 valence electrons. The van der Waals surface area contributed by atoms with E-state index in [0.29, 0.717) is 19.6 Å². The monoisotopic (exact) mass is 376 g/mol. The molecule has 2 N–H and O–H groups in total. The Bertz CT molecular complexity index is 448. The summed E-state index contributed by atoms with van der Waals surface area (Å²) in [7, 11) is 1.61. The van der Waals surface area contributed by atoms with Gasteiger partial charge >= 0.3 is 0 Å². The van der Waals surface area contributed by atoms with Crippen molar-refractivity contribution in [1.82, 2.24) is 5.32 Å². The summed E-state index contributed by atoms with van der Waals surface area (Å²) in [5.41, 5.74) is 0.779. The molecule has 0 spiro atoms. The van der Waals surface area contributed by atoms with Crippen LogP contribution in [0, 0.1) is 3.57 Å². The number of methoxy groups -OCH3 is 1.